The van der Waals surface area contributed by atoms with Crippen LogP contribution in [0.5, 0.6) is 5.75 Å². The molecule has 1 saturated heterocycles. The minimum absolute atomic E-state index is 0.186. The van der Waals surface area contributed by atoms with Crippen molar-refractivity contribution in [1.29, 1.82) is 0 Å². The fourth-order valence-corrected chi connectivity index (χ4v) is 2.76. The van der Waals surface area contributed by atoms with Gasteiger partial charge in [-0.1, -0.05) is 19.1 Å². The van der Waals surface area contributed by atoms with Gasteiger partial charge in [0.25, 0.3) is 11.1 Å². The molecule has 5 heteroatoms. The van der Waals surface area contributed by atoms with Crippen molar-refractivity contribution in [3.05, 3.63) is 34.7 Å². The van der Waals surface area contributed by atoms with E-state index in [0.29, 0.717) is 18.1 Å². The molecule has 0 radical (unpaired) electrons. The average molecular weight is 291 g/mol. The summed E-state index contributed by atoms with van der Waals surface area (Å²) >= 11 is 0.998. The van der Waals surface area contributed by atoms with E-state index >= 15 is 0 Å². The smallest absolute Gasteiger partial charge is 0.293 e. The van der Waals surface area contributed by atoms with E-state index in [4.69, 9.17) is 4.74 Å². The Bertz CT molecular complexity index is 537. The lowest BCUT2D eigenvalue weighted by Gasteiger charge is -2.09. The van der Waals surface area contributed by atoms with Gasteiger partial charge in [0.2, 0.25) is 0 Å². The largest absolute Gasteiger partial charge is 0.494 e. The van der Waals surface area contributed by atoms with Gasteiger partial charge in [0.1, 0.15) is 5.75 Å². The molecule has 0 unspecified atom stereocenters. The number of nitrogens with zero attached hydrogens (tertiary/aromatic N) is 1. The summed E-state index contributed by atoms with van der Waals surface area (Å²) in [6.07, 6.45) is 2.52. The van der Waals surface area contributed by atoms with Gasteiger partial charge in [0, 0.05) is 6.54 Å². The van der Waals surface area contributed by atoms with E-state index in [-0.39, 0.29) is 11.1 Å². The highest BCUT2D eigenvalue weighted by Crippen LogP contribution is 2.32. The summed E-state index contributed by atoms with van der Waals surface area (Å²) in [6, 6.07) is 7.45. The van der Waals surface area contributed by atoms with Crippen molar-refractivity contribution in [2.45, 2.75) is 20.3 Å². The van der Waals surface area contributed by atoms with Gasteiger partial charge in [-0.3, -0.25) is 14.5 Å². The van der Waals surface area contributed by atoms with E-state index in [2.05, 4.69) is 0 Å². The number of thioether (sulfide) groups is 1. The molecule has 2 amide bonds. The van der Waals surface area contributed by atoms with Crippen LogP contribution in [-0.4, -0.2) is 29.2 Å². The minimum atomic E-state index is -0.198. The Morgan fingerprint density at radius 2 is 1.90 bits per heavy atom. The van der Waals surface area contributed by atoms with Crippen LogP contribution in [0.25, 0.3) is 6.08 Å². The highest BCUT2D eigenvalue weighted by atomic mass is 32.2. The standard InChI is InChI=1S/C15H17NO3S/c1-3-9-16-14(17)13(20-15(16)18)10-11-5-7-12(8-6-11)19-4-2/h5-8,10H,3-4,9H2,1-2H3/b13-10+. The number of benzene rings is 1. The molecule has 0 aromatic heterocycles. The molecule has 0 spiro atoms. The summed E-state index contributed by atoms with van der Waals surface area (Å²) < 4.78 is 5.36. The van der Waals surface area contributed by atoms with E-state index < -0.39 is 0 Å². The molecule has 0 N–H and O–H groups in total. The van der Waals surface area contributed by atoms with Gasteiger partial charge in [-0.05, 0) is 48.9 Å². The number of hydrogen-bond acceptors (Lipinski definition) is 4. The van der Waals surface area contributed by atoms with Gasteiger partial charge < -0.3 is 4.74 Å². The van der Waals surface area contributed by atoms with Crippen LogP contribution >= 0.6 is 11.8 Å². The molecule has 106 valence electrons. The summed E-state index contributed by atoms with van der Waals surface area (Å²) in [5.41, 5.74) is 0.885. The van der Waals surface area contributed by atoms with Crippen molar-refractivity contribution in [2.24, 2.45) is 0 Å². The third-order valence-electron chi connectivity index (χ3n) is 2.81. The van der Waals surface area contributed by atoms with Crippen LogP contribution in [0, 0.1) is 0 Å². The molecule has 0 atom stereocenters. The zero-order chi connectivity index (χ0) is 14.5. The van der Waals surface area contributed by atoms with Crippen LogP contribution in [0.15, 0.2) is 29.2 Å². The Morgan fingerprint density at radius 1 is 1.20 bits per heavy atom. The van der Waals surface area contributed by atoms with Gasteiger partial charge in [-0.15, -0.1) is 0 Å². The van der Waals surface area contributed by atoms with Crippen LogP contribution in [0.3, 0.4) is 0 Å². The first-order chi connectivity index (χ1) is 9.65. The summed E-state index contributed by atoms with van der Waals surface area (Å²) in [5.74, 6) is 0.597. The topological polar surface area (TPSA) is 46.6 Å². The van der Waals surface area contributed by atoms with Gasteiger partial charge in [-0.25, -0.2) is 0 Å². The molecule has 4 nitrogen and oxygen atoms in total. The molecular weight excluding hydrogens is 274 g/mol. The Kier molecular flexibility index (Phi) is 4.84. The molecule has 1 aliphatic rings. The van der Waals surface area contributed by atoms with Gasteiger partial charge in [0.05, 0.1) is 11.5 Å². The number of carbonyl (C=O) groups excluding carboxylic acids is 2. The van der Waals surface area contributed by atoms with E-state index in [1.165, 1.54) is 4.90 Å². The molecular formula is C15H17NO3S. The molecule has 1 aromatic rings. The van der Waals surface area contributed by atoms with Gasteiger partial charge in [-0.2, -0.15) is 0 Å². The lowest BCUT2D eigenvalue weighted by Crippen LogP contribution is -2.28. The van der Waals surface area contributed by atoms with E-state index in [1.807, 2.05) is 38.1 Å². The molecule has 20 heavy (non-hydrogen) atoms. The second-order valence-electron chi connectivity index (χ2n) is 4.34. The first kappa shape index (κ1) is 14.7. The number of amides is 2. The Balaban J connectivity index is 2.15. The van der Waals surface area contributed by atoms with Crippen molar-refractivity contribution in [2.75, 3.05) is 13.2 Å². The maximum Gasteiger partial charge on any atom is 0.293 e. The predicted octanol–water partition coefficient (Wildman–Crippen LogP) is 3.53. The van der Waals surface area contributed by atoms with Crippen LogP contribution in [0.4, 0.5) is 4.79 Å². The second kappa shape index (κ2) is 6.61. The Labute approximate surface area is 122 Å². The Hall–Kier alpha value is -1.75. The summed E-state index contributed by atoms with van der Waals surface area (Å²) in [4.78, 5) is 25.6. The third kappa shape index (κ3) is 3.22. The number of rotatable bonds is 5. The highest BCUT2D eigenvalue weighted by molar-refractivity contribution is 8.18. The molecule has 1 heterocycles. The van der Waals surface area contributed by atoms with Crippen molar-refractivity contribution < 1.29 is 14.3 Å². The first-order valence-corrected chi connectivity index (χ1v) is 7.45. The third-order valence-corrected chi connectivity index (χ3v) is 3.72. The first-order valence-electron chi connectivity index (χ1n) is 6.64. The Morgan fingerprint density at radius 3 is 2.50 bits per heavy atom. The summed E-state index contributed by atoms with van der Waals surface area (Å²) in [6.45, 7) is 4.97. The number of hydrogen-bond donors (Lipinski definition) is 0. The zero-order valence-corrected chi connectivity index (χ0v) is 12.4. The fourth-order valence-electron chi connectivity index (χ4n) is 1.89. The second-order valence-corrected chi connectivity index (χ2v) is 5.33. The summed E-state index contributed by atoms with van der Waals surface area (Å²) in [7, 11) is 0. The molecule has 2 rings (SSSR count). The average Bonchev–Trinajstić information content (AvgIpc) is 2.69. The molecule has 1 aliphatic heterocycles. The highest BCUT2D eigenvalue weighted by Gasteiger charge is 2.34. The predicted molar refractivity (Wildman–Crippen MR) is 80.6 cm³/mol. The summed E-state index contributed by atoms with van der Waals surface area (Å²) in [5, 5.41) is -0.186. The maximum absolute atomic E-state index is 12.1. The van der Waals surface area contributed by atoms with Crippen molar-refractivity contribution in [3.63, 3.8) is 0 Å². The number of carbonyl (C=O) groups is 2. The van der Waals surface area contributed by atoms with Crippen LogP contribution in [-0.2, 0) is 4.79 Å². The van der Waals surface area contributed by atoms with Crippen molar-refractivity contribution in [3.8, 4) is 5.75 Å². The zero-order valence-electron chi connectivity index (χ0n) is 11.6. The van der Waals surface area contributed by atoms with Crippen LogP contribution in [0.2, 0.25) is 0 Å². The van der Waals surface area contributed by atoms with Gasteiger partial charge >= 0.3 is 0 Å². The van der Waals surface area contributed by atoms with Gasteiger partial charge in [0.15, 0.2) is 0 Å². The van der Waals surface area contributed by atoms with E-state index in [1.54, 1.807) is 6.08 Å². The molecule has 0 aliphatic carbocycles. The number of ether oxygens (including phenoxy) is 1. The monoisotopic (exact) mass is 291 g/mol. The fraction of sp³-hybridized carbons (Fsp3) is 0.333. The van der Waals surface area contributed by atoms with Crippen LogP contribution < -0.4 is 4.74 Å². The molecule has 1 aromatic carbocycles. The van der Waals surface area contributed by atoms with Crippen molar-refractivity contribution in [1.82, 2.24) is 4.90 Å². The van der Waals surface area contributed by atoms with E-state index in [0.717, 1.165) is 29.5 Å². The quantitative estimate of drug-likeness (QED) is 0.779. The molecule has 0 saturated carbocycles. The maximum atomic E-state index is 12.1. The molecule has 0 bridgehead atoms. The normalized spacial score (nSPS) is 17.1. The number of imide groups is 1. The lowest BCUT2D eigenvalue weighted by molar-refractivity contribution is -0.122. The van der Waals surface area contributed by atoms with Crippen LogP contribution in [0.1, 0.15) is 25.8 Å². The minimum Gasteiger partial charge on any atom is -0.494 e. The van der Waals surface area contributed by atoms with E-state index in [9.17, 15) is 9.59 Å². The van der Waals surface area contributed by atoms with Crippen molar-refractivity contribution >= 4 is 29.0 Å². The molecule has 1 fully saturated rings. The SMILES string of the molecule is CCCN1C(=O)S/C(=C/c2ccc(OCC)cc2)C1=O. The lowest BCUT2D eigenvalue weighted by atomic mass is 10.2.